The lowest BCUT2D eigenvalue weighted by Gasteiger charge is -2.25. The Morgan fingerprint density at radius 3 is 2.00 bits per heavy atom. The number of anilines is 2. The lowest BCUT2D eigenvalue weighted by atomic mass is 10.5. The van der Waals surface area contributed by atoms with E-state index in [1.807, 2.05) is 6.20 Å². The van der Waals surface area contributed by atoms with Crippen molar-refractivity contribution in [2.75, 3.05) is 9.96 Å². The third-order valence-corrected chi connectivity index (χ3v) is 3.72. The largest absolute Gasteiger partial charge is 0.407 e. The van der Waals surface area contributed by atoms with E-state index in [1.165, 1.54) is 0 Å². The highest BCUT2D eigenvalue weighted by Crippen LogP contribution is 2.21. The number of aromatic nitrogens is 2. The normalized spacial score (nSPS) is 12.4. The molecule has 0 saturated heterocycles. The molecule has 6 heteroatoms. The Hall–Kier alpha value is -0.886. The fraction of sp³-hybridized carbons (Fsp3) is 0.600. The van der Waals surface area contributed by atoms with E-state index in [0.29, 0.717) is 0 Å². The van der Waals surface area contributed by atoms with Gasteiger partial charge in [-0.25, -0.2) is 9.97 Å². The maximum atomic E-state index is 4.32. The molecule has 0 aliphatic heterocycles. The van der Waals surface area contributed by atoms with Crippen molar-refractivity contribution in [2.45, 2.75) is 39.3 Å². The molecule has 0 spiro atoms. The van der Waals surface area contributed by atoms with E-state index in [-0.39, 0.29) is 0 Å². The highest BCUT2D eigenvalue weighted by atomic mass is 28.3. The lowest BCUT2D eigenvalue weighted by Crippen LogP contribution is -2.36. The van der Waals surface area contributed by atoms with E-state index in [2.05, 4.69) is 59.2 Å². The van der Waals surface area contributed by atoms with Crippen LogP contribution in [0.5, 0.6) is 0 Å². The van der Waals surface area contributed by atoms with Crippen LogP contribution in [0, 0.1) is 0 Å². The second kappa shape index (κ2) is 4.54. The van der Waals surface area contributed by atoms with Crippen LogP contribution in [-0.4, -0.2) is 26.4 Å². The molecular weight excluding hydrogens is 232 g/mol. The third kappa shape index (κ3) is 4.76. The zero-order valence-electron chi connectivity index (χ0n) is 11.0. The minimum atomic E-state index is -1.37. The predicted octanol–water partition coefficient (Wildman–Crippen LogP) is 2.97. The summed E-state index contributed by atoms with van der Waals surface area (Å²) in [6, 6.07) is 0. The summed E-state index contributed by atoms with van der Waals surface area (Å²) in [5.74, 6) is 0.941. The molecular formula is C10H22N4Si2. The van der Waals surface area contributed by atoms with Gasteiger partial charge in [-0.15, -0.1) is 0 Å². The van der Waals surface area contributed by atoms with Crippen LogP contribution >= 0.6 is 0 Å². The number of hydrogen-bond acceptors (Lipinski definition) is 4. The average Bonchev–Trinajstić information content (AvgIpc) is 2.03. The Morgan fingerprint density at radius 2 is 1.50 bits per heavy atom. The van der Waals surface area contributed by atoms with Crippen LogP contribution in [0.25, 0.3) is 0 Å². The van der Waals surface area contributed by atoms with E-state index >= 15 is 0 Å². The van der Waals surface area contributed by atoms with Gasteiger partial charge in [-0.1, -0.05) is 39.3 Å². The summed E-state index contributed by atoms with van der Waals surface area (Å²) in [6.45, 7) is 13.6. The van der Waals surface area contributed by atoms with Crippen molar-refractivity contribution in [3.05, 3.63) is 12.5 Å². The molecule has 2 N–H and O–H groups in total. The number of nitrogens with zero attached hydrogens (tertiary/aromatic N) is 2. The first-order valence-electron chi connectivity index (χ1n) is 5.54. The summed E-state index contributed by atoms with van der Waals surface area (Å²) in [5.41, 5.74) is 1.03. The fourth-order valence-electron chi connectivity index (χ4n) is 1.28. The number of nitrogens with one attached hydrogen (secondary N) is 2. The summed E-state index contributed by atoms with van der Waals surface area (Å²) in [5, 5.41) is 0. The Labute approximate surface area is 100 Å². The molecule has 0 unspecified atom stereocenters. The maximum absolute atomic E-state index is 4.32. The molecule has 16 heavy (non-hydrogen) atoms. The fourth-order valence-corrected chi connectivity index (χ4v) is 3.18. The second-order valence-corrected chi connectivity index (χ2v) is 15.5. The molecule has 4 nitrogen and oxygen atoms in total. The topological polar surface area (TPSA) is 49.8 Å². The molecule has 1 aromatic rings. The molecule has 0 atom stereocenters. The third-order valence-electron chi connectivity index (χ3n) is 1.72. The monoisotopic (exact) mass is 254 g/mol. The molecule has 90 valence electrons. The average molecular weight is 254 g/mol. The Morgan fingerprint density at radius 1 is 0.938 bits per heavy atom. The van der Waals surface area contributed by atoms with Gasteiger partial charge < -0.3 is 9.96 Å². The Kier molecular flexibility index (Phi) is 3.74. The standard InChI is InChI=1S/C10H22N4Si2/c1-15(2,3)13-9-7-11-8-12-10(9)14-16(4,5)6/h7-8,13H,1-6H3,(H,11,12,14). The summed E-state index contributed by atoms with van der Waals surface area (Å²) in [6.07, 6.45) is 3.45. The van der Waals surface area contributed by atoms with Crippen LogP contribution in [0.3, 0.4) is 0 Å². The van der Waals surface area contributed by atoms with Crippen LogP contribution in [0.1, 0.15) is 0 Å². The maximum Gasteiger partial charge on any atom is 0.146 e. The molecule has 0 saturated carbocycles. The first-order chi connectivity index (χ1) is 7.17. The highest BCUT2D eigenvalue weighted by molar-refractivity contribution is 6.80. The van der Waals surface area contributed by atoms with Crippen molar-refractivity contribution in [3.63, 3.8) is 0 Å². The van der Waals surface area contributed by atoms with Gasteiger partial charge in [0.1, 0.15) is 28.6 Å². The minimum Gasteiger partial charge on any atom is -0.407 e. The number of rotatable bonds is 4. The Balaban J connectivity index is 2.92. The second-order valence-electron chi connectivity index (χ2n) is 6.04. The molecule has 0 aliphatic rings. The van der Waals surface area contributed by atoms with Gasteiger partial charge in [-0.3, -0.25) is 0 Å². The zero-order valence-corrected chi connectivity index (χ0v) is 13.0. The van der Waals surface area contributed by atoms with E-state index in [4.69, 9.17) is 0 Å². The molecule has 1 heterocycles. The van der Waals surface area contributed by atoms with Gasteiger partial charge in [-0.2, -0.15) is 0 Å². The van der Waals surface area contributed by atoms with Gasteiger partial charge in [0, 0.05) is 0 Å². The minimum absolute atomic E-state index is 0.941. The van der Waals surface area contributed by atoms with Gasteiger partial charge >= 0.3 is 0 Å². The molecule has 0 aromatic carbocycles. The van der Waals surface area contributed by atoms with Gasteiger partial charge in [0.25, 0.3) is 0 Å². The predicted molar refractivity (Wildman–Crippen MR) is 76.0 cm³/mol. The first kappa shape index (κ1) is 13.2. The van der Waals surface area contributed by atoms with Crippen LogP contribution < -0.4 is 9.96 Å². The van der Waals surface area contributed by atoms with Crippen molar-refractivity contribution in [1.29, 1.82) is 0 Å². The lowest BCUT2D eigenvalue weighted by molar-refractivity contribution is 1.17. The first-order valence-corrected chi connectivity index (χ1v) is 12.5. The number of hydrogen-bond donors (Lipinski definition) is 2. The highest BCUT2D eigenvalue weighted by Gasteiger charge is 2.19. The van der Waals surface area contributed by atoms with Gasteiger partial charge in [-0.05, 0) is 0 Å². The van der Waals surface area contributed by atoms with Crippen LogP contribution in [-0.2, 0) is 0 Å². The quantitative estimate of drug-likeness (QED) is 0.811. The van der Waals surface area contributed by atoms with Crippen molar-refractivity contribution in [1.82, 2.24) is 9.97 Å². The van der Waals surface area contributed by atoms with Crippen molar-refractivity contribution >= 4 is 28.0 Å². The summed E-state index contributed by atoms with van der Waals surface area (Å²) in [4.78, 5) is 15.5. The molecule has 1 aromatic heterocycles. The van der Waals surface area contributed by atoms with Gasteiger partial charge in [0.15, 0.2) is 0 Å². The molecule has 0 fully saturated rings. The molecule has 0 radical (unpaired) electrons. The van der Waals surface area contributed by atoms with Crippen LogP contribution in [0.2, 0.25) is 39.3 Å². The van der Waals surface area contributed by atoms with E-state index in [0.717, 1.165) is 11.5 Å². The zero-order chi connectivity index (χ0) is 12.4. The van der Waals surface area contributed by atoms with Crippen molar-refractivity contribution in [3.8, 4) is 0 Å². The summed E-state index contributed by atoms with van der Waals surface area (Å²) >= 11 is 0. The summed E-state index contributed by atoms with van der Waals surface area (Å²) in [7, 11) is -2.73. The molecule has 1 rings (SSSR count). The van der Waals surface area contributed by atoms with Crippen LogP contribution in [0.15, 0.2) is 12.5 Å². The van der Waals surface area contributed by atoms with E-state index < -0.39 is 16.5 Å². The molecule has 0 bridgehead atoms. The van der Waals surface area contributed by atoms with E-state index in [1.54, 1.807) is 6.33 Å². The van der Waals surface area contributed by atoms with Gasteiger partial charge in [0.2, 0.25) is 0 Å². The molecule has 0 aliphatic carbocycles. The van der Waals surface area contributed by atoms with E-state index in [9.17, 15) is 0 Å². The Bertz CT molecular complexity index is 320. The van der Waals surface area contributed by atoms with Crippen molar-refractivity contribution in [2.24, 2.45) is 0 Å². The molecule has 0 amide bonds. The SMILES string of the molecule is C[Si](C)(C)Nc1cncnc1N[Si](C)(C)C. The van der Waals surface area contributed by atoms with Crippen molar-refractivity contribution < 1.29 is 0 Å². The summed E-state index contributed by atoms with van der Waals surface area (Å²) < 4.78 is 0. The van der Waals surface area contributed by atoms with Crippen LogP contribution in [0.4, 0.5) is 11.5 Å². The van der Waals surface area contributed by atoms with Gasteiger partial charge in [0.05, 0.1) is 11.9 Å². The smallest absolute Gasteiger partial charge is 0.146 e.